The fourth-order valence-electron chi connectivity index (χ4n) is 5.13. The van der Waals surface area contributed by atoms with Gasteiger partial charge in [-0.2, -0.15) is 0 Å². The van der Waals surface area contributed by atoms with E-state index < -0.39 is 6.36 Å². The summed E-state index contributed by atoms with van der Waals surface area (Å²) in [5.74, 6) is -0.193. The molecule has 1 aliphatic rings. The second-order valence-electron chi connectivity index (χ2n) is 9.34. The van der Waals surface area contributed by atoms with Crippen LogP contribution in [-0.2, 0) is 0 Å². The monoisotopic (exact) mass is 511 g/mol. The average Bonchev–Trinajstić information content (AvgIpc) is 3.37. The zero-order valence-electron chi connectivity index (χ0n) is 19.8. The molecule has 0 aliphatic heterocycles. The van der Waals surface area contributed by atoms with E-state index in [1.54, 1.807) is 30.7 Å². The molecule has 1 fully saturated rings. The molecule has 5 nitrogen and oxygen atoms in total. The molecule has 1 aliphatic carbocycles. The normalized spacial score (nSPS) is 18.1. The SMILES string of the molecule is O=C(NCC1CCC(c2ccnc3ccc(F)cc23)CC1)c1c[nH]cc1-c1ccc(OC(F)(F)F)cc1. The Bertz CT molecular complexity index is 1390. The number of aromatic amines is 1. The topological polar surface area (TPSA) is 67.0 Å². The molecule has 37 heavy (non-hydrogen) atoms. The number of ether oxygens (including phenoxy) is 1. The molecule has 192 valence electrons. The van der Waals surface area contributed by atoms with Crippen molar-refractivity contribution < 1.29 is 27.1 Å². The minimum atomic E-state index is -4.76. The molecule has 1 saturated carbocycles. The number of carbonyl (C=O) groups is 1. The number of rotatable bonds is 6. The van der Waals surface area contributed by atoms with Crippen LogP contribution in [0.4, 0.5) is 17.6 Å². The van der Waals surface area contributed by atoms with Gasteiger partial charge in [0.1, 0.15) is 11.6 Å². The highest BCUT2D eigenvalue weighted by Crippen LogP contribution is 2.38. The number of nitrogens with one attached hydrogen (secondary N) is 2. The van der Waals surface area contributed by atoms with E-state index in [1.807, 2.05) is 6.07 Å². The Balaban J connectivity index is 1.18. The number of hydrogen-bond donors (Lipinski definition) is 2. The number of carbonyl (C=O) groups excluding carboxylic acids is 1. The molecule has 0 atom stereocenters. The van der Waals surface area contributed by atoms with Gasteiger partial charge < -0.3 is 15.0 Å². The Morgan fingerprint density at radius 3 is 2.51 bits per heavy atom. The summed E-state index contributed by atoms with van der Waals surface area (Å²) in [6.45, 7) is 0.528. The number of fused-ring (bicyclic) bond motifs is 1. The summed E-state index contributed by atoms with van der Waals surface area (Å²) in [6.07, 6.45) is 3.99. The first-order valence-corrected chi connectivity index (χ1v) is 12.1. The first kappa shape index (κ1) is 24.8. The average molecular weight is 512 g/mol. The van der Waals surface area contributed by atoms with Crippen LogP contribution in [0.1, 0.15) is 47.5 Å². The van der Waals surface area contributed by atoms with E-state index in [2.05, 4.69) is 20.0 Å². The number of aromatic nitrogens is 2. The zero-order chi connectivity index (χ0) is 26.0. The summed E-state index contributed by atoms with van der Waals surface area (Å²) in [4.78, 5) is 20.2. The molecule has 0 saturated heterocycles. The molecule has 9 heteroatoms. The third kappa shape index (κ3) is 5.76. The van der Waals surface area contributed by atoms with Crippen molar-refractivity contribution >= 4 is 16.8 Å². The van der Waals surface area contributed by atoms with E-state index in [0.29, 0.717) is 35.1 Å². The van der Waals surface area contributed by atoms with E-state index in [4.69, 9.17) is 0 Å². The van der Waals surface area contributed by atoms with E-state index in [0.717, 1.165) is 42.1 Å². The summed E-state index contributed by atoms with van der Waals surface area (Å²) in [7, 11) is 0. The molecule has 2 heterocycles. The molecule has 0 radical (unpaired) electrons. The largest absolute Gasteiger partial charge is 0.573 e. The Morgan fingerprint density at radius 2 is 1.78 bits per heavy atom. The lowest BCUT2D eigenvalue weighted by Crippen LogP contribution is -2.31. The summed E-state index contributed by atoms with van der Waals surface area (Å²) in [5.41, 5.74) is 3.52. The number of benzene rings is 2. The Kier molecular flexibility index (Phi) is 6.86. The Hall–Kier alpha value is -3.88. The van der Waals surface area contributed by atoms with Crippen LogP contribution in [-0.4, -0.2) is 28.8 Å². The highest BCUT2D eigenvalue weighted by Gasteiger charge is 2.31. The van der Waals surface area contributed by atoms with Gasteiger partial charge in [0.05, 0.1) is 11.1 Å². The van der Waals surface area contributed by atoms with Gasteiger partial charge in [0.2, 0.25) is 0 Å². The number of H-pyrrole nitrogens is 1. The summed E-state index contributed by atoms with van der Waals surface area (Å²) >= 11 is 0. The molecular weight excluding hydrogens is 486 g/mol. The van der Waals surface area contributed by atoms with Gasteiger partial charge >= 0.3 is 6.36 Å². The van der Waals surface area contributed by atoms with Crippen LogP contribution in [0.2, 0.25) is 0 Å². The number of amides is 1. The van der Waals surface area contributed by atoms with Gasteiger partial charge in [-0.3, -0.25) is 9.78 Å². The second-order valence-corrected chi connectivity index (χ2v) is 9.34. The van der Waals surface area contributed by atoms with Crippen molar-refractivity contribution in [2.45, 2.75) is 38.0 Å². The van der Waals surface area contributed by atoms with Crippen LogP contribution in [0.5, 0.6) is 5.75 Å². The van der Waals surface area contributed by atoms with Crippen LogP contribution in [0, 0.1) is 11.7 Å². The van der Waals surface area contributed by atoms with Crippen molar-refractivity contribution in [1.29, 1.82) is 0 Å². The fraction of sp³-hybridized carbons (Fsp3) is 0.286. The first-order valence-electron chi connectivity index (χ1n) is 12.1. The number of pyridine rings is 1. The van der Waals surface area contributed by atoms with Crippen LogP contribution < -0.4 is 10.1 Å². The summed E-state index contributed by atoms with van der Waals surface area (Å²) < 4.78 is 55.0. The third-order valence-electron chi connectivity index (χ3n) is 6.96. The van der Waals surface area contributed by atoms with E-state index in [9.17, 15) is 22.4 Å². The number of halogens is 4. The molecule has 2 aromatic carbocycles. The highest BCUT2D eigenvalue weighted by atomic mass is 19.4. The van der Waals surface area contributed by atoms with E-state index in [-0.39, 0.29) is 17.5 Å². The molecular formula is C28H25F4N3O2. The predicted octanol–water partition coefficient (Wildman–Crippen LogP) is 6.97. The molecule has 4 aromatic rings. The fourth-order valence-corrected chi connectivity index (χ4v) is 5.13. The lowest BCUT2D eigenvalue weighted by molar-refractivity contribution is -0.274. The number of alkyl halides is 3. The van der Waals surface area contributed by atoms with Crippen LogP contribution in [0.3, 0.4) is 0 Å². The maximum Gasteiger partial charge on any atom is 0.573 e. The predicted molar refractivity (Wildman–Crippen MR) is 132 cm³/mol. The van der Waals surface area contributed by atoms with Gasteiger partial charge in [-0.1, -0.05) is 12.1 Å². The summed E-state index contributed by atoms with van der Waals surface area (Å²) in [5, 5.41) is 3.87. The molecule has 0 unspecified atom stereocenters. The van der Waals surface area contributed by atoms with Crippen molar-refractivity contribution in [3.8, 4) is 16.9 Å². The quantitative estimate of drug-likeness (QED) is 0.275. The molecule has 2 N–H and O–H groups in total. The van der Waals surface area contributed by atoms with Crippen molar-refractivity contribution in [1.82, 2.24) is 15.3 Å². The Morgan fingerprint density at radius 1 is 1.03 bits per heavy atom. The van der Waals surface area contributed by atoms with Crippen LogP contribution >= 0.6 is 0 Å². The van der Waals surface area contributed by atoms with E-state index >= 15 is 0 Å². The number of hydrogen-bond acceptors (Lipinski definition) is 3. The van der Waals surface area contributed by atoms with Crippen LogP contribution in [0.25, 0.3) is 22.0 Å². The van der Waals surface area contributed by atoms with E-state index in [1.165, 1.54) is 30.3 Å². The minimum Gasteiger partial charge on any atom is -0.406 e. The van der Waals surface area contributed by atoms with Crippen LogP contribution in [0.15, 0.2) is 67.1 Å². The van der Waals surface area contributed by atoms with Gasteiger partial charge in [-0.15, -0.1) is 13.2 Å². The molecule has 0 spiro atoms. The summed E-state index contributed by atoms with van der Waals surface area (Å²) in [6, 6.07) is 12.1. The molecule has 2 aromatic heterocycles. The van der Waals surface area contributed by atoms with Gasteiger partial charge in [0.25, 0.3) is 5.91 Å². The van der Waals surface area contributed by atoms with Gasteiger partial charge in [0.15, 0.2) is 0 Å². The zero-order valence-corrected chi connectivity index (χ0v) is 19.8. The van der Waals surface area contributed by atoms with Gasteiger partial charge in [-0.25, -0.2) is 4.39 Å². The third-order valence-corrected chi connectivity index (χ3v) is 6.96. The molecule has 0 bridgehead atoms. The van der Waals surface area contributed by atoms with Gasteiger partial charge in [-0.05, 0) is 85.0 Å². The molecule has 5 rings (SSSR count). The maximum absolute atomic E-state index is 13.8. The lowest BCUT2D eigenvalue weighted by Gasteiger charge is -2.29. The highest BCUT2D eigenvalue weighted by molar-refractivity contribution is 6.00. The van der Waals surface area contributed by atoms with Gasteiger partial charge in [0, 0.05) is 36.1 Å². The van der Waals surface area contributed by atoms with Crippen molar-refractivity contribution in [2.24, 2.45) is 5.92 Å². The van der Waals surface area contributed by atoms with Crippen molar-refractivity contribution in [3.05, 3.63) is 84.1 Å². The standard InChI is InChI=1S/C28H25F4N3O2/c29-20-7-10-26-23(13-20)22(11-12-34-26)18-3-1-17(2-4-18)14-35-27(36)25-16-33-15-24(25)19-5-8-21(9-6-19)37-28(30,31)32/h5-13,15-18,33H,1-4,14H2,(H,35,36). The lowest BCUT2D eigenvalue weighted by atomic mass is 9.78. The second kappa shape index (κ2) is 10.2. The van der Waals surface area contributed by atoms with Crippen molar-refractivity contribution in [2.75, 3.05) is 6.54 Å². The smallest absolute Gasteiger partial charge is 0.406 e. The van der Waals surface area contributed by atoms with Crippen molar-refractivity contribution in [3.63, 3.8) is 0 Å². The molecule has 1 amide bonds. The number of nitrogens with zero attached hydrogens (tertiary/aromatic N) is 1. The maximum atomic E-state index is 13.8. The first-order chi connectivity index (χ1) is 17.8. The Labute approximate surface area is 210 Å². The minimum absolute atomic E-state index is 0.246.